The van der Waals surface area contributed by atoms with Gasteiger partial charge in [0.25, 0.3) is 0 Å². The topological polar surface area (TPSA) is 37.4 Å². The number of rotatable bonds is 1. The molecular formula is C12H9F6NO2. The Labute approximate surface area is 115 Å². The van der Waals surface area contributed by atoms with E-state index in [0.29, 0.717) is 11.1 Å². The van der Waals surface area contributed by atoms with Crippen LogP contribution in [0.3, 0.4) is 0 Å². The number of imide groups is 1. The second-order valence-electron chi connectivity index (χ2n) is 4.29. The Hall–Kier alpha value is -2.06. The molecule has 0 aliphatic carbocycles. The van der Waals surface area contributed by atoms with E-state index in [9.17, 15) is 35.9 Å². The third-order valence-electron chi connectivity index (χ3n) is 2.36. The summed E-state index contributed by atoms with van der Waals surface area (Å²) in [5, 5.41) is 0. The third-order valence-corrected chi connectivity index (χ3v) is 2.36. The molecule has 0 spiro atoms. The quantitative estimate of drug-likeness (QED) is 0.746. The number of hydrogen-bond acceptors (Lipinski definition) is 2. The molecule has 0 atom stereocenters. The molecule has 0 saturated carbocycles. The molecule has 1 aromatic carbocycles. The van der Waals surface area contributed by atoms with E-state index in [0.717, 1.165) is 12.1 Å². The van der Waals surface area contributed by atoms with Gasteiger partial charge in [0.15, 0.2) is 0 Å². The minimum absolute atomic E-state index is 0.306. The molecule has 0 aromatic heterocycles. The zero-order chi connectivity index (χ0) is 16.6. The van der Waals surface area contributed by atoms with Crippen molar-refractivity contribution >= 4 is 17.5 Å². The number of benzene rings is 1. The first-order chi connectivity index (χ1) is 9.34. The molecule has 1 aromatic rings. The van der Waals surface area contributed by atoms with E-state index in [2.05, 4.69) is 0 Å². The van der Waals surface area contributed by atoms with E-state index >= 15 is 0 Å². The minimum Gasteiger partial charge on any atom is -0.263 e. The molecule has 0 bridgehead atoms. The van der Waals surface area contributed by atoms with E-state index in [1.54, 1.807) is 0 Å². The summed E-state index contributed by atoms with van der Waals surface area (Å²) in [5.41, 5.74) is -0.169. The maximum atomic E-state index is 12.4. The molecule has 21 heavy (non-hydrogen) atoms. The van der Waals surface area contributed by atoms with Crippen LogP contribution in [0.2, 0.25) is 0 Å². The first kappa shape index (κ1) is 17.0. The summed E-state index contributed by atoms with van der Waals surface area (Å²) >= 11 is 0. The number of carbonyl (C=O) groups is 2. The van der Waals surface area contributed by atoms with Crippen molar-refractivity contribution in [1.29, 1.82) is 0 Å². The highest BCUT2D eigenvalue weighted by Crippen LogP contribution is 2.30. The molecule has 0 radical (unpaired) electrons. The molecule has 0 fully saturated rings. The minimum atomic E-state index is -5.61. The van der Waals surface area contributed by atoms with Gasteiger partial charge in [-0.3, -0.25) is 9.59 Å². The van der Waals surface area contributed by atoms with Crippen molar-refractivity contribution in [3.05, 3.63) is 29.3 Å². The average molecular weight is 313 g/mol. The number of amides is 2. The molecule has 3 nitrogen and oxygen atoms in total. The smallest absolute Gasteiger partial charge is 0.263 e. The zero-order valence-electron chi connectivity index (χ0n) is 10.8. The van der Waals surface area contributed by atoms with Crippen LogP contribution in [0.4, 0.5) is 32.0 Å². The van der Waals surface area contributed by atoms with Gasteiger partial charge in [-0.15, -0.1) is 0 Å². The Morgan fingerprint density at radius 1 is 0.810 bits per heavy atom. The van der Waals surface area contributed by atoms with E-state index in [1.165, 1.54) is 19.9 Å². The molecule has 2 amide bonds. The molecule has 116 valence electrons. The molecule has 9 heteroatoms. The van der Waals surface area contributed by atoms with Crippen molar-refractivity contribution in [2.75, 3.05) is 4.90 Å². The summed E-state index contributed by atoms with van der Waals surface area (Å²) in [6.07, 6.45) is -11.2. The number of hydrogen-bond donors (Lipinski definition) is 0. The van der Waals surface area contributed by atoms with Gasteiger partial charge in [0, 0.05) is 0 Å². The maximum Gasteiger partial charge on any atom is 0.472 e. The van der Waals surface area contributed by atoms with Crippen LogP contribution in [-0.4, -0.2) is 24.2 Å². The Kier molecular flexibility index (Phi) is 4.35. The van der Waals surface area contributed by atoms with Crippen LogP contribution in [0.1, 0.15) is 11.1 Å². The van der Waals surface area contributed by atoms with Gasteiger partial charge in [0.05, 0.1) is 5.69 Å². The molecular weight excluding hydrogens is 304 g/mol. The Morgan fingerprint density at radius 2 is 1.14 bits per heavy atom. The van der Waals surface area contributed by atoms with Crippen LogP contribution in [0, 0.1) is 13.8 Å². The standard InChI is InChI=1S/C12H9F6NO2/c1-6-3-7(2)5-8(4-6)19(9(20)11(13,14)15)10(21)12(16,17)18/h3-5H,1-2H3. The van der Waals surface area contributed by atoms with E-state index in [-0.39, 0.29) is 0 Å². The van der Waals surface area contributed by atoms with Crippen LogP contribution in [-0.2, 0) is 9.59 Å². The fraction of sp³-hybridized carbons (Fsp3) is 0.333. The van der Waals surface area contributed by atoms with Crippen LogP contribution >= 0.6 is 0 Å². The molecule has 0 heterocycles. The number of halogens is 6. The van der Waals surface area contributed by atoms with E-state index in [4.69, 9.17) is 0 Å². The van der Waals surface area contributed by atoms with E-state index in [1.807, 2.05) is 0 Å². The van der Waals surface area contributed by atoms with Gasteiger partial charge in [-0.25, -0.2) is 4.90 Å². The monoisotopic (exact) mass is 313 g/mol. The summed E-state index contributed by atoms with van der Waals surface area (Å²) in [4.78, 5) is 21.4. The van der Waals surface area contributed by atoms with Crippen LogP contribution in [0.25, 0.3) is 0 Å². The van der Waals surface area contributed by atoms with Gasteiger partial charge in [0.2, 0.25) is 0 Å². The van der Waals surface area contributed by atoms with Gasteiger partial charge in [-0.2, -0.15) is 26.3 Å². The third kappa shape index (κ3) is 3.96. The summed E-state index contributed by atoms with van der Waals surface area (Å²) < 4.78 is 74.5. The van der Waals surface area contributed by atoms with Gasteiger partial charge in [-0.1, -0.05) is 6.07 Å². The Bertz CT molecular complexity index is 530. The van der Waals surface area contributed by atoms with Crippen LogP contribution in [0.5, 0.6) is 0 Å². The molecule has 0 unspecified atom stereocenters. The fourth-order valence-electron chi connectivity index (χ4n) is 1.66. The maximum absolute atomic E-state index is 12.4. The lowest BCUT2D eigenvalue weighted by atomic mass is 10.1. The summed E-state index contributed by atoms with van der Waals surface area (Å²) in [6.45, 7) is 2.82. The summed E-state index contributed by atoms with van der Waals surface area (Å²) in [6, 6.07) is 3.25. The van der Waals surface area contributed by atoms with Crippen molar-refractivity contribution in [3.63, 3.8) is 0 Å². The van der Waals surface area contributed by atoms with Crippen molar-refractivity contribution in [2.45, 2.75) is 26.2 Å². The molecule has 0 aliphatic rings. The number of aryl methyl sites for hydroxylation is 2. The van der Waals surface area contributed by atoms with Gasteiger partial charge in [0.1, 0.15) is 0 Å². The summed E-state index contributed by atoms with van der Waals surface area (Å²) in [7, 11) is 0. The number of anilines is 1. The van der Waals surface area contributed by atoms with Gasteiger partial charge in [-0.05, 0) is 37.1 Å². The first-order valence-electron chi connectivity index (χ1n) is 5.45. The lowest BCUT2D eigenvalue weighted by Gasteiger charge is -2.23. The van der Waals surface area contributed by atoms with Crippen molar-refractivity contribution in [1.82, 2.24) is 0 Å². The normalized spacial score (nSPS) is 12.2. The Balaban J connectivity index is 3.45. The second kappa shape index (κ2) is 5.38. The largest absolute Gasteiger partial charge is 0.472 e. The molecule has 0 aliphatic heterocycles. The lowest BCUT2D eigenvalue weighted by molar-refractivity contribution is -0.181. The van der Waals surface area contributed by atoms with Crippen molar-refractivity contribution in [2.24, 2.45) is 0 Å². The van der Waals surface area contributed by atoms with Gasteiger partial charge >= 0.3 is 24.2 Å². The first-order valence-corrected chi connectivity index (χ1v) is 5.45. The van der Waals surface area contributed by atoms with Crippen LogP contribution < -0.4 is 4.90 Å². The molecule has 1 rings (SSSR count). The fourth-order valence-corrected chi connectivity index (χ4v) is 1.66. The highest BCUT2D eigenvalue weighted by atomic mass is 19.4. The average Bonchev–Trinajstić information content (AvgIpc) is 2.25. The highest BCUT2D eigenvalue weighted by molar-refractivity contribution is 6.18. The predicted molar refractivity (Wildman–Crippen MR) is 60.5 cm³/mol. The highest BCUT2D eigenvalue weighted by Gasteiger charge is 2.52. The zero-order valence-corrected chi connectivity index (χ0v) is 10.8. The van der Waals surface area contributed by atoms with E-state index < -0.39 is 34.8 Å². The second-order valence-corrected chi connectivity index (χ2v) is 4.29. The van der Waals surface area contributed by atoms with Crippen molar-refractivity contribution < 1.29 is 35.9 Å². The predicted octanol–water partition coefficient (Wildman–Crippen LogP) is 3.29. The van der Waals surface area contributed by atoms with Crippen LogP contribution in [0.15, 0.2) is 18.2 Å². The number of alkyl halides is 6. The number of carbonyl (C=O) groups excluding carboxylic acids is 2. The Morgan fingerprint density at radius 3 is 1.43 bits per heavy atom. The van der Waals surface area contributed by atoms with Gasteiger partial charge < -0.3 is 0 Å². The summed E-state index contributed by atoms with van der Waals surface area (Å²) in [5.74, 6) is -5.79. The molecule has 0 saturated heterocycles. The lowest BCUT2D eigenvalue weighted by Crippen LogP contribution is -2.50. The van der Waals surface area contributed by atoms with Crippen molar-refractivity contribution in [3.8, 4) is 0 Å². The number of nitrogens with zero attached hydrogens (tertiary/aromatic N) is 1. The molecule has 0 N–H and O–H groups in total. The SMILES string of the molecule is Cc1cc(C)cc(N(C(=O)C(F)(F)F)C(=O)C(F)(F)F)c1.